The van der Waals surface area contributed by atoms with E-state index in [0.29, 0.717) is 18.7 Å². The molecule has 1 aliphatic heterocycles. The summed E-state index contributed by atoms with van der Waals surface area (Å²) in [7, 11) is 1.77. The van der Waals surface area contributed by atoms with E-state index in [9.17, 15) is 9.59 Å². The van der Waals surface area contributed by atoms with Crippen LogP contribution in [0.1, 0.15) is 48.2 Å². The van der Waals surface area contributed by atoms with Crippen LogP contribution in [-0.2, 0) is 11.2 Å². The normalized spacial score (nSPS) is 21.1. The molecule has 30 heavy (non-hydrogen) atoms. The maximum Gasteiger partial charge on any atom is 0.271 e. The van der Waals surface area contributed by atoms with Gasteiger partial charge < -0.3 is 27.0 Å². The molecule has 158 valence electrons. The van der Waals surface area contributed by atoms with Gasteiger partial charge in [0.15, 0.2) is 11.5 Å². The molecule has 9 heteroatoms. The van der Waals surface area contributed by atoms with Crippen molar-refractivity contribution in [1.82, 2.24) is 9.97 Å². The fraction of sp³-hybridized carbons (Fsp3) is 0.429. The van der Waals surface area contributed by atoms with Gasteiger partial charge in [-0.25, -0.2) is 9.97 Å². The largest absolute Gasteiger partial charge is 0.364 e. The van der Waals surface area contributed by atoms with Crippen molar-refractivity contribution in [3.63, 3.8) is 0 Å². The molecule has 2 amide bonds. The van der Waals surface area contributed by atoms with Crippen molar-refractivity contribution >= 4 is 34.8 Å². The maximum absolute atomic E-state index is 11.9. The maximum atomic E-state index is 11.9. The SMILES string of the molecule is CN1C(=O)CCc2cc(Nc3nc(NC4CCCCC4N)cnc3C(N)=O)ccc21. The zero-order chi connectivity index (χ0) is 21.3. The Morgan fingerprint density at radius 3 is 2.80 bits per heavy atom. The number of nitrogens with zero attached hydrogens (tertiary/aromatic N) is 3. The Balaban J connectivity index is 1.59. The number of aromatic nitrogens is 2. The van der Waals surface area contributed by atoms with Gasteiger partial charge in [0.25, 0.3) is 5.91 Å². The number of rotatable bonds is 5. The van der Waals surface area contributed by atoms with Crippen LogP contribution in [0.15, 0.2) is 24.4 Å². The van der Waals surface area contributed by atoms with E-state index < -0.39 is 5.91 Å². The van der Waals surface area contributed by atoms with Gasteiger partial charge in [0, 0.05) is 36.9 Å². The van der Waals surface area contributed by atoms with Crippen molar-refractivity contribution in [2.75, 3.05) is 22.6 Å². The first-order valence-corrected chi connectivity index (χ1v) is 10.3. The van der Waals surface area contributed by atoms with Crippen LogP contribution >= 0.6 is 0 Å². The predicted molar refractivity (Wildman–Crippen MR) is 116 cm³/mol. The van der Waals surface area contributed by atoms with Gasteiger partial charge in [-0.15, -0.1) is 0 Å². The minimum Gasteiger partial charge on any atom is -0.364 e. The van der Waals surface area contributed by atoms with Crippen LogP contribution < -0.4 is 27.0 Å². The second kappa shape index (κ2) is 8.27. The summed E-state index contributed by atoms with van der Waals surface area (Å²) in [4.78, 5) is 34.2. The molecule has 1 saturated carbocycles. The van der Waals surface area contributed by atoms with Gasteiger partial charge in [0.2, 0.25) is 5.91 Å². The van der Waals surface area contributed by atoms with Crippen molar-refractivity contribution in [2.45, 2.75) is 50.6 Å². The number of amides is 2. The van der Waals surface area contributed by atoms with Gasteiger partial charge >= 0.3 is 0 Å². The highest BCUT2D eigenvalue weighted by molar-refractivity contribution is 5.97. The van der Waals surface area contributed by atoms with Crippen LogP contribution in [0, 0.1) is 0 Å². The van der Waals surface area contributed by atoms with Crippen LogP contribution in [0.4, 0.5) is 23.0 Å². The molecule has 1 aromatic heterocycles. The van der Waals surface area contributed by atoms with Crippen molar-refractivity contribution < 1.29 is 9.59 Å². The summed E-state index contributed by atoms with van der Waals surface area (Å²) in [5.41, 5.74) is 14.5. The Kier molecular flexibility index (Phi) is 5.54. The average Bonchev–Trinajstić information content (AvgIpc) is 2.72. The highest BCUT2D eigenvalue weighted by Crippen LogP contribution is 2.31. The summed E-state index contributed by atoms with van der Waals surface area (Å²) in [6, 6.07) is 5.87. The molecule has 9 nitrogen and oxygen atoms in total. The molecule has 0 spiro atoms. The van der Waals surface area contributed by atoms with Crippen LogP contribution in [-0.4, -0.2) is 40.9 Å². The minimum absolute atomic E-state index is 0.0631. The van der Waals surface area contributed by atoms with E-state index in [4.69, 9.17) is 11.5 Å². The van der Waals surface area contributed by atoms with E-state index in [1.165, 1.54) is 6.20 Å². The Morgan fingerprint density at radius 2 is 2.03 bits per heavy atom. The predicted octanol–water partition coefficient (Wildman–Crippen LogP) is 1.91. The lowest BCUT2D eigenvalue weighted by atomic mass is 9.91. The van der Waals surface area contributed by atoms with Crippen molar-refractivity contribution in [3.8, 4) is 0 Å². The Hall–Kier alpha value is -3.20. The number of benzene rings is 1. The highest BCUT2D eigenvalue weighted by Gasteiger charge is 2.24. The number of anilines is 4. The Bertz CT molecular complexity index is 978. The molecule has 1 aromatic carbocycles. The van der Waals surface area contributed by atoms with Crippen LogP contribution in [0.25, 0.3) is 0 Å². The molecule has 1 fully saturated rings. The molecule has 2 atom stereocenters. The molecular weight excluding hydrogens is 382 g/mol. The molecule has 2 aromatic rings. The van der Waals surface area contributed by atoms with Gasteiger partial charge in [-0.05, 0) is 43.0 Å². The number of fused-ring (bicyclic) bond motifs is 1. The number of primary amides is 1. The number of hydrogen-bond donors (Lipinski definition) is 4. The first kappa shape index (κ1) is 20.1. The lowest BCUT2D eigenvalue weighted by Crippen LogP contribution is -2.42. The molecule has 0 radical (unpaired) electrons. The standard InChI is InChI=1S/C21H27N7O2/c1-28-16-8-7-13(10-12(16)6-9-18(28)29)25-21-19(20(23)30)24-11-17(27-21)26-15-5-3-2-4-14(15)22/h7-8,10-11,14-15H,2-6,9,22H2,1H3,(H2,23,30)(H2,25,26,27). The number of nitrogens with two attached hydrogens (primary N) is 2. The van der Waals surface area contributed by atoms with Crippen LogP contribution in [0.3, 0.4) is 0 Å². The molecule has 2 aliphatic rings. The van der Waals surface area contributed by atoms with E-state index in [2.05, 4.69) is 20.6 Å². The number of carbonyl (C=O) groups excluding carboxylic acids is 2. The average molecular weight is 409 g/mol. The van der Waals surface area contributed by atoms with E-state index in [1.54, 1.807) is 11.9 Å². The van der Waals surface area contributed by atoms with E-state index >= 15 is 0 Å². The second-order valence-electron chi connectivity index (χ2n) is 7.94. The van der Waals surface area contributed by atoms with Crippen molar-refractivity contribution in [3.05, 3.63) is 35.7 Å². The van der Waals surface area contributed by atoms with Gasteiger partial charge in [-0.2, -0.15) is 0 Å². The van der Waals surface area contributed by atoms with Gasteiger partial charge in [-0.3, -0.25) is 9.59 Å². The zero-order valence-electron chi connectivity index (χ0n) is 17.0. The zero-order valence-corrected chi connectivity index (χ0v) is 17.0. The van der Waals surface area contributed by atoms with E-state index in [0.717, 1.165) is 42.6 Å². The lowest BCUT2D eigenvalue weighted by Gasteiger charge is -2.29. The third-order valence-electron chi connectivity index (χ3n) is 5.84. The summed E-state index contributed by atoms with van der Waals surface area (Å²) < 4.78 is 0. The fourth-order valence-electron chi connectivity index (χ4n) is 4.13. The minimum atomic E-state index is -0.658. The molecular formula is C21H27N7O2. The van der Waals surface area contributed by atoms with E-state index in [1.807, 2.05) is 18.2 Å². The van der Waals surface area contributed by atoms with Gasteiger partial charge in [0.1, 0.15) is 5.82 Å². The summed E-state index contributed by atoms with van der Waals surface area (Å²) >= 11 is 0. The van der Waals surface area contributed by atoms with Crippen molar-refractivity contribution in [2.24, 2.45) is 11.5 Å². The summed E-state index contributed by atoms with van der Waals surface area (Å²) in [6.45, 7) is 0. The van der Waals surface area contributed by atoms with Crippen molar-refractivity contribution in [1.29, 1.82) is 0 Å². The number of aryl methyl sites for hydroxylation is 1. The Morgan fingerprint density at radius 1 is 1.23 bits per heavy atom. The number of nitrogens with one attached hydrogen (secondary N) is 2. The molecule has 1 aliphatic carbocycles. The fourth-order valence-corrected chi connectivity index (χ4v) is 4.13. The Labute approximate surface area is 175 Å². The molecule has 2 unspecified atom stereocenters. The number of hydrogen-bond acceptors (Lipinski definition) is 7. The number of carbonyl (C=O) groups is 2. The lowest BCUT2D eigenvalue weighted by molar-refractivity contribution is -0.118. The van der Waals surface area contributed by atoms with Crippen LogP contribution in [0.2, 0.25) is 0 Å². The summed E-state index contributed by atoms with van der Waals surface area (Å²) in [6.07, 6.45) is 6.86. The molecule has 2 heterocycles. The first-order chi connectivity index (χ1) is 14.4. The van der Waals surface area contributed by atoms with Crippen LogP contribution in [0.5, 0.6) is 0 Å². The monoisotopic (exact) mass is 409 g/mol. The first-order valence-electron chi connectivity index (χ1n) is 10.3. The third kappa shape index (κ3) is 4.06. The summed E-state index contributed by atoms with van der Waals surface area (Å²) in [5.74, 6) is 0.282. The molecule has 6 N–H and O–H groups in total. The highest BCUT2D eigenvalue weighted by atomic mass is 16.2. The smallest absolute Gasteiger partial charge is 0.271 e. The van der Waals surface area contributed by atoms with E-state index in [-0.39, 0.29) is 29.5 Å². The molecule has 0 bridgehead atoms. The second-order valence-corrected chi connectivity index (χ2v) is 7.94. The quantitative estimate of drug-likeness (QED) is 0.591. The third-order valence-corrected chi connectivity index (χ3v) is 5.84. The molecule has 4 rings (SSSR count). The topological polar surface area (TPSA) is 139 Å². The molecule has 0 saturated heterocycles. The summed E-state index contributed by atoms with van der Waals surface area (Å²) in [5, 5.41) is 6.52. The van der Waals surface area contributed by atoms with Gasteiger partial charge in [-0.1, -0.05) is 12.8 Å². The van der Waals surface area contributed by atoms with Gasteiger partial charge in [0.05, 0.1) is 6.20 Å².